The maximum absolute atomic E-state index is 11.7. The summed E-state index contributed by atoms with van der Waals surface area (Å²) in [6.07, 6.45) is 3.05. The average molecular weight is 262 g/mol. The summed E-state index contributed by atoms with van der Waals surface area (Å²) in [5.41, 5.74) is 1.25. The largest absolute Gasteiger partial charge is 0.338 e. The molecule has 0 spiro atoms. The van der Waals surface area contributed by atoms with E-state index in [2.05, 4.69) is 43.5 Å². The minimum atomic E-state index is -0.0628. The molecule has 0 aromatic heterocycles. The Balaban J connectivity index is 2.14. The van der Waals surface area contributed by atoms with Crippen LogP contribution in [0.3, 0.4) is 0 Å². The number of nitrogens with one attached hydrogen (secondary N) is 2. The minimum Gasteiger partial charge on any atom is -0.338 e. The summed E-state index contributed by atoms with van der Waals surface area (Å²) in [7, 11) is 0. The predicted octanol–water partition coefficient (Wildman–Crippen LogP) is 3.35. The first-order valence-corrected chi connectivity index (χ1v) is 7.16. The minimum absolute atomic E-state index is 0.0628. The van der Waals surface area contributed by atoms with Gasteiger partial charge < -0.3 is 10.6 Å². The Morgan fingerprint density at radius 1 is 1.11 bits per heavy atom. The van der Waals surface area contributed by atoms with Crippen molar-refractivity contribution < 1.29 is 4.79 Å². The SMILES string of the molecule is CC(C)CCC(C)NC(=O)NCCc1ccccc1. The number of amides is 2. The van der Waals surface area contributed by atoms with Gasteiger partial charge in [-0.15, -0.1) is 0 Å². The molecule has 1 unspecified atom stereocenters. The Morgan fingerprint density at radius 3 is 2.42 bits per heavy atom. The van der Waals surface area contributed by atoms with E-state index in [1.165, 1.54) is 5.56 Å². The molecule has 1 aromatic carbocycles. The zero-order valence-corrected chi connectivity index (χ0v) is 12.3. The van der Waals surface area contributed by atoms with Crippen LogP contribution >= 0.6 is 0 Å². The second kappa shape index (κ2) is 8.57. The van der Waals surface area contributed by atoms with Gasteiger partial charge in [0.25, 0.3) is 0 Å². The van der Waals surface area contributed by atoms with Crippen LogP contribution in [0.2, 0.25) is 0 Å². The van der Waals surface area contributed by atoms with Gasteiger partial charge in [0.05, 0.1) is 0 Å². The van der Waals surface area contributed by atoms with Gasteiger partial charge in [-0.3, -0.25) is 0 Å². The lowest BCUT2D eigenvalue weighted by molar-refractivity contribution is 0.236. The highest BCUT2D eigenvalue weighted by atomic mass is 16.2. The zero-order valence-electron chi connectivity index (χ0n) is 12.3. The van der Waals surface area contributed by atoms with Crippen molar-refractivity contribution in [3.63, 3.8) is 0 Å². The molecule has 0 radical (unpaired) electrons. The molecular weight excluding hydrogens is 236 g/mol. The van der Waals surface area contributed by atoms with E-state index in [4.69, 9.17) is 0 Å². The van der Waals surface area contributed by atoms with Crippen LogP contribution in [-0.2, 0) is 6.42 Å². The van der Waals surface area contributed by atoms with Crippen LogP contribution < -0.4 is 10.6 Å². The first kappa shape index (κ1) is 15.5. The van der Waals surface area contributed by atoms with Gasteiger partial charge in [-0.2, -0.15) is 0 Å². The van der Waals surface area contributed by atoms with Crippen molar-refractivity contribution in [1.29, 1.82) is 0 Å². The fourth-order valence-corrected chi connectivity index (χ4v) is 1.90. The van der Waals surface area contributed by atoms with Crippen molar-refractivity contribution in [3.8, 4) is 0 Å². The van der Waals surface area contributed by atoms with Crippen molar-refractivity contribution in [3.05, 3.63) is 35.9 Å². The highest BCUT2D eigenvalue weighted by Crippen LogP contribution is 2.06. The Labute approximate surface area is 116 Å². The fraction of sp³-hybridized carbons (Fsp3) is 0.562. The molecule has 0 fully saturated rings. The second-order valence-corrected chi connectivity index (χ2v) is 5.51. The second-order valence-electron chi connectivity index (χ2n) is 5.51. The maximum atomic E-state index is 11.7. The molecule has 0 aliphatic rings. The smallest absolute Gasteiger partial charge is 0.315 e. The van der Waals surface area contributed by atoms with Crippen LogP contribution in [0.25, 0.3) is 0 Å². The third-order valence-corrected chi connectivity index (χ3v) is 3.10. The van der Waals surface area contributed by atoms with Gasteiger partial charge in [0.2, 0.25) is 0 Å². The highest BCUT2D eigenvalue weighted by molar-refractivity contribution is 5.74. The summed E-state index contributed by atoms with van der Waals surface area (Å²) in [5.74, 6) is 0.686. The van der Waals surface area contributed by atoms with Gasteiger partial charge in [0.1, 0.15) is 0 Å². The van der Waals surface area contributed by atoms with E-state index in [-0.39, 0.29) is 12.1 Å². The topological polar surface area (TPSA) is 41.1 Å². The van der Waals surface area contributed by atoms with E-state index < -0.39 is 0 Å². The number of carbonyl (C=O) groups is 1. The summed E-state index contributed by atoms with van der Waals surface area (Å²) >= 11 is 0. The summed E-state index contributed by atoms with van der Waals surface area (Å²) < 4.78 is 0. The Morgan fingerprint density at radius 2 is 1.79 bits per heavy atom. The van der Waals surface area contributed by atoms with Gasteiger partial charge in [-0.05, 0) is 37.7 Å². The van der Waals surface area contributed by atoms with E-state index in [0.717, 1.165) is 19.3 Å². The quantitative estimate of drug-likeness (QED) is 0.777. The molecule has 2 N–H and O–H groups in total. The van der Waals surface area contributed by atoms with Crippen molar-refractivity contribution in [2.24, 2.45) is 5.92 Å². The Hall–Kier alpha value is -1.51. The van der Waals surface area contributed by atoms with E-state index in [1.54, 1.807) is 0 Å². The maximum Gasteiger partial charge on any atom is 0.315 e. The molecule has 0 aliphatic carbocycles. The number of hydrogen-bond donors (Lipinski definition) is 2. The number of rotatable bonds is 7. The number of hydrogen-bond acceptors (Lipinski definition) is 1. The molecule has 1 aromatic rings. The first-order valence-electron chi connectivity index (χ1n) is 7.16. The zero-order chi connectivity index (χ0) is 14.1. The molecule has 0 bridgehead atoms. The van der Waals surface area contributed by atoms with E-state index in [1.807, 2.05) is 18.2 Å². The monoisotopic (exact) mass is 262 g/mol. The number of carbonyl (C=O) groups excluding carboxylic acids is 1. The normalized spacial score (nSPS) is 12.2. The number of urea groups is 1. The lowest BCUT2D eigenvalue weighted by Gasteiger charge is -2.15. The van der Waals surface area contributed by atoms with Crippen LogP contribution in [0.4, 0.5) is 4.79 Å². The van der Waals surface area contributed by atoms with Crippen molar-refractivity contribution in [2.45, 2.75) is 46.1 Å². The van der Waals surface area contributed by atoms with Crippen LogP contribution in [0.5, 0.6) is 0 Å². The van der Waals surface area contributed by atoms with E-state index >= 15 is 0 Å². The van der Waals surface area contributed by atoms with Crippen LogP contribution in [0.1, 0.15) is 39.2 Å². The summed E-state index contributed by atoms with van der Waals surface area (Å²) in [6, 6.07) is 10.4. The lowest BCUT2D eigenvalue weighted by Crippen LogP contribution is -2.41. The van der Waals surface area contributed by atoms with E-state index in [9.17, 15) is 4.79 Å². The standard InChI is InChI=1S/C16H26N2O/c1-13(2)9-10-14(3)18-16(19)17-12-11-15-7-5-4-6-8-15/h4-8,13-14H,9-12H2,1-3H3,(H2,17,18,19). The Bertz CT molecular complexity index is 362. The molecule has 0 heterocycles. The molecule has 0 saturated carbocycles. The molecule has 0 aliphatic heterocycles. The molecule has 2 amide bonds. The van der Waals surface area contributed by atoms with Crippen molar-refractivity contribution >= 4 is 6.03 Å². The predicted molar refractivity (Wildman–Crippen MR) is 80.2 cm³/mol. The molecule has 3 nitrogen and oxygen atoms in total. The van der Waals surface area contributed by atoms with E-state index in [0.29, 0.717) is 12.5 Å². The third-order valence-electron chi connectivity index (χ3n) is 3.10. The summed E-state index contributed by atoms with van der Waals surface area (Å²) in [4.78, 5) is 11.7. The molecular formula is C16H26N2O. The average Bonchev–Trinajstić information content (AvgIpc) is 2.37. The van der Waals surface area contributed by atoms with Crippen LogP contribution in [0, 0.1) is 5.92 Å². The van der Waals surface area contributed by atoms with Crippen molar-refractivity contribution in [1.82, 2.24) is 10.6 Å². The van der Waals surface area contributed by atoms with Gasteiger partial charge in [-0.1, -0.05) is 44.2 Å². The summed E-state index contributed by atoms with van der Waals surface area (Å²) in [6.45, 7) is 7.13. The highest BCUT2D eigenvalue weighted by Gasteiger charge is 2.07. The summed E-state index contributed by atoms with van der Waals surface area (Å²) in [5, 5.41) is 5.87. The van der Waals surface area contributed by atoms with Crippen LogP contribution in [0.15, 0.2) is 30.3 Å². The van der Waals surface area contributed by atoms with Gasteiger partial charge in [0.15, 0.2) is 0 Å². The van der Waals surface area contributed by atoms with Crippen molar-refractivity contribution in [2.75, 3.05) is 6.54 Å². The lowest BCUT2D eigenvalue weighted by atomic mass is 10.0. The first-order chi connectivity index (χ1) is 9.08. The molecule has 106 valence electrons. The molecule has 1 rings (SSSR count). The number of benzene rings is 1. The molecule has 19 heavy (non-hydrogen) atoms. The molecule has 3 heteroatoms. The van der Waals surface area contributed by atoms with Gasteiger partial charge in [0, 0.05) is 12.6 Å². The third kappa shape index (κ3) is 7.50. The molecule has 1 atom stereocenters. The Kier molecular flexibility index (Phi) is 7.01. The van der Waals surface area contributed by atoms with Gasteiger partial charge >= 0.3 is 6.03 Å². The fourth-order valence-electron chi connectivity index (χ4n) is 1.90. The van der Waals surface area contributed by atoms with Gasteiger partial charge in [-0.25, -0.2) is 4.79 Å². The van der Waals surface area contributed by atoms with Crippen LogP contribution in [-0.4, -0.2) is 18.6 Å². The molecule has 0 saturated heterocycles.